The maximum absolute atomic E-state index is 14.7. The van der Waals surface area contributed by atoms with Crippen LogP contribution in [0, 0.1) is 24.4 Å². The summed E-state index contributed by atoms with van der Waals surface area (Å²) in [6.45, 7) is 1.89. The lowest BCUT2D eigenvalue weighted by molar-refractivity contribution is -0.0706. The lowest BCUT2D eigenvalue weighted by Crippen LogP contribution is -2.66. The Bertz CT molecular complexity index is 1250. The summed E-state index contributed by atoms with van der Waals surface area (Å²) in [6.07, 6.45) is 1.91. The van der Waals surface area contributed by atoms with Crippen LogP contribution < -0.4 is 15.4 Å². The van der Waals surface area contributed by atoms with Crippen molar-refractivity contribution < 1.29 is 23.1 Å². The number of nitrogens with one attached hydrogen (secondary N) is 3. The van der Waals surface area contributed by atoms with Crippen LogP contribution in [0.2, 0.25) is 0 Å². The van der Waals surface area contributed by atoms with E-state index in [9.17, 15) is 23.1 Å². The third-order valence-electron chi connectivity index (χ3n) is 5.67. The fourth-order valence-electron chi connectivity index (χ4n) is 3.87. The zero-order valence-electron chi connectivity index (χ0n) is 19.2. The number of anilines is 4. The number of halogens is 3. The van der Waals surface area contributed by atoms with Gasteiger partial charge in [-0.2, -0.15) is 0 Å². The lowest BCUT2D eigenvalue weighted by atomic mass is 9.92. The highest BCUT2D eigenvalue weighted by atomic mass is 32.2. The number of likely N-dealkylation sites (tertiary alicyclic amines) is 1. The number of rotatable bonds is 8. The molecular weight excluding hydrogens is 477 g/mol. The second-order valence-corrected chi connectivity index (χ2v) is 9.13. The lowest BCUT2D eigenvalue weighted by Gasteiger charge is -2.46. The number of hydrogen-bond acceptors (Lipinski definition) is 6. The minimum Gasteiger partial charge on any atom is -0.384 e. The molecule has 1 heterocycles. The van der Waals surface area contributed by atoms with Gasteiger partial charge in [0.05, 0.1) is 30.0 Å². The number of carbonyl (C=O) groups is 1. The predicted molar refractivity (Wildman–Crippen MR) is 134 cm³/mol. The molecule has 1 aliphatic rings. The number of amides is 1. The molecule has 6 nitrogen and oxygen atoms in total. The highest BCUT2D eigenvalue weighted by Crippen LogP contribution is 2.32. The van der Waals surface area contributed by atoms with E-state index in [0.29, 0.717) is 5.56 Å². The normalized spacial score (nSPS) is 14.3. The number of benzene rings is 3. The predicted octanol–water partition coefficient (Wildman–Crippen LogP) is 5.14. The molecule has 1 amide bonds. The number of aryl methyl sites for hydroxylation is 1. The van der Waals surface area contributed by atoms with Gasteiger partial charge in [0.15, 0.2) is 11.6 Å². The first-order valence-corrected chi connectivity index (χ1v) is 12.1. The van der Waals surface area contributed by atoms with Gasteiger partial charge < -0.3 is 25.4 Å². The minimum atomic E-state index is -1.29. The van der Waals surface area contributed by atoms with E-state index in [1.165, 1.54) is 29.0 Å². The molecule has 184 valence electrons. The van der Waals surface area contributed by atoms with Gasteiger partial charge in [-0.05, 0) is 55.0 Å². The van der Waals surface area contributed by atoms with E-state index in [0.717, 1.165) is 23.5 Å². The Balaban J connectivity index is 1.46. The van der Waals surface area contributed by atoms with E-state index in [4.69, 9.17) is 0 Å². The molecule has 0 aromatic heterocycles. The highest BCUT2D eigenvalue weighted by Gasteiger charge is 2.44. The van der Waals surface area contributed by atoms with Crippen molar-refractivity contribution >= 4 is 40.6 Å². The molecule has 0 unspecified atom stereocenters. The Labute approximate surface area is 205 Å². The van der Waals surface area contributed by atoms with Gasteiger partial charge in [0.25, 0.3) is 5.91 Å². The number of nitrogens with zero attached hydrogens (tertiary/aromatic N) is 1. The number of carbonyl (C=O) groups excluding carboxylic acids is 1. The number of hydrogen-bond donors (Lipinski definition) is 4. The van der Waals surface area contributed by atoms with Crippen LogP contribution in [0.4, 0.5) is 35.9 Å². The van der Waals surface area contributed by atoms with Gasteiger partial charge in [-0.15, -0.1) is 0 Å². The van der Waals surface area contributed by atoms with Crippen LogP contribution >= 0.6 is 11.9 Å². The maximum Gasteiger partial charge on any atom is 0.256 e. The zero-order valence-corrected chi connectivity index (χ0v) is 20.0. The Morgan fingerprint density at radius 2 is 1.80 bits per heavy atom. The zero-order chi connectivity index (χ0) is 25.2. The van der Waals surface area contributed by atoms with Crippen LogP contribution in [0.3, 0.4) is 0 Å². The fourth-order valence-corrected chi connectivity index (χ4v) is 4.24. The van der Waals surface area contributed by atoms with Gasteiger partial charge in [0, 0.05) is 24.2 Å². The Morgan fingerprint density at radius 3 is 2.51 bits per heavy atom. The fraction of sp³-hybridized carbons (Fsp3) is 0.240. The standard InChI is InChI=1S/C25H25F3N4O2S/c1-15-6-9-21(20(27)10-15)30-23-18(7-8-19(26)22(23)28)24(33)32-13-25(34,14-32)12-29-16-4-3-5-17(11-16)31-35-2/h3-11,29-31,34H,12-14H2,1-2H3. The summed E-state index contributed by atoms with van der Waals surface area (Å²) < 4.78 is 46.1. The Hall–Kier alpha value is -3.37. The van der Waals surface area contributed by atoms with E-state index >= 15 is 0 Å². The molecule has 35 heavy (non-hydrogen) atoms. The van der Waals surface area contributed by atoms with Crippen molar-refractivity contribution in [2.24, 2.45) is 0 Å². The van der Waals surface area contributed by atoms with Crippen molar-refractivity contribution in [1.82, 2.24) is 4.90 Å². The second-order valence-electron chi connectivity index (χ2n) is 8.52. The van der Waals surface area contributed by atoms with Crippen LogP contribution in [0.25, 0.3) is 0 Å². The Kier molecular flexibility index (Phi) is 7.13. The maximum atomic E-state index is 14.7. The van der Waals surface area contributed by atoms with Crippen molar-refractivity contribution in [2.45, 2.75) is 12.5 Å². The van der Waals surface area contributed by atoms with Gasteiger partial charge in [-0.1, -0.05) is 24.1 Å². The Morgan fingerprint density at radius 1 is 1.06 bits per heavy atom. The average molecular weight is 503 g/mol. The quantitative estimate of drug-likeness (QED) is 0.320. The molecular formula is C25H25F3N4O2S. The van der Waals surface area contributed by atoms with E-state index < -0.39 is 34.6 Å². The van der Waals surface area contributed by atoms with Crippen LogP contribution in [0.5, 0.6) is 0 Å². The minimum absolute atomic E-state index is 0.00108. The first kappa shape index (κ1) is 24.7. The summed E-state index contributed by atoms with van der Waals surface area (Å²) in [4.78, 5) is 14.4. The summed E-state index contributed by atoms with van der Waals surface area (Å²) in [7, 11) is 0. The number of aliphatic hydroxyl groups is 1. The van der Waals surface area contributed by atoms with Crippen LogP contribution in [-0.2, 0) is 0 Å². The summed E-state index contributed by atoms with van der Waals surface area (Å²) in [6, 6.07) is 13.8. The van der Waals surface area contributed by atoms with Crippen molar-refractivity contribution in [3.8, 4) is 0 Å². The first-order valence-electron chi connectivity index (χ1n) is 10.8. The molecule has 0 atom stereocenters. The topological polar surface area (TPSA) is 76.6 Å². The molecule has 4 rings (SSSR count). The molecule has 1 aliphatic heterocycles. The monoisotopic (exact) mass is 502 g/mol. The summed E-state index contributed by atoms with van der Waals surface area (Å²) >= 11 is 1.46. The van der Waals surface area contributed by atoms with Crippen molar-refractivity contribution in [1.29, 1.82) is 0 Å². The molecule has 3 aromatic rings. The highest BCUT2D eigenvalue weighted by molar-refractivity contribution is 7.99. The smallest absolute Gasteiger partial charge is 0.256 e. The summed E-state index contributed by atoms with van der Waals surface area (Å²) in [5.41, 5.74) is 0.478. The van der Waals surface area contributed by atoms with Crippen molar-refractivity contribution in [3.63, 3.8) is 0 Å². The molecule has 0 radical (unpaired) electrons. The molecule has 0 saturated carbocycles. The largest absolute Gasteiger partial charge is 0.384 e. The van der Waals surface area contributed by atoms with Crippen LogP contribution in [-0.4, -0.2) is 47.4 Å². The molecule has 1 saturated heterocycles. The summed E-state index contributed by atoms with van der Waals surface area (Å²) in [5.74, 6) is -3.71. The molecule has 4 N–H and O–H groups in total. The van der Waals surface area contributed by atoms with Crippen LogP contribution in [0.15, 0.2) is 54.6 Å². The average Bonchev–Trinajstić information content (AvgIpc) is 2.80. The van der Waals surface area contributed by atoms with E-state index in [1.807, 2.05) is 30.5 Å². The van der Waals surface area contributed by atoms with Crippen molar-refractivity contribution in [2.75, 3.05) is 41.2 Å². The third-order valence-corrected chi connectivity index (χ3v) is 6.11. The van der Waals surface area contributed by atoms with E-state index in [2.05, 4.69) is 15.4 Å². The molecule has 0 aliphatic carbocycles. The molecule has 3 aromatic carbocycles. The van der Waals surface area contributed by atoms with Gasteiger partial charge in [0.2, 0.25) is 0 Å². The van der Waals surface area contributed by atoms with Gasteiger partial charge >= 0.3 is 0 Å². The molecule has 0 bridgehead atoms. The van der Waals surface area contributed by atoms with E-state index in [1.54, 1.807) is 13.0 Å². The SMILES string of the molecule is CSNc1cccc(NCC2(O)CN(C(=O)c3ccc(F)c(F)c3Nc3ccc(C)cc3F)C2)c1. The summed E-state index contributed by atoms with van der Waals surface area (Å²) in [5, 5.41) is 16.5. The van der Waals surface area contributed by atoms with Gasteiger partial charge in [-0.3, -0.25) is 4.79 Å². The molecule has 10 heteroatoms. The second kappa shape index (κ2) is 10.1. The molecule has 0 spiro atoms. The number of β-amino-alcohol motifs (C(OH)–C–C–N with tert-alkyl or cyclic N) is 1. The van der Waals surface area contributed by atoms with Gasteiger partial charge in [0.1, 0.15) is 11.4 Å². The van der Waals surface area contributed by atoms with Gasteiger partial charge in [-0.25, -0.2) is 13.2 Å². The molecule has 1 fully saturated rings. The van der Waals surface area contributed by atoms with Crippen molar-refractivity contribution in [3.05, 3.63) is 83.2 Å². The van der Waals surface area contributed by atoms with E-state index in [-0.39, 0.29) is 30.9 Å². The third kappa shape index (κ3) is 5.49. The first-order chi connectivity index (χ1) is 16.7. The van der Waals surface area contributed by atoms with Crippen LogP contribution in [0.1, 0.15) is 15.9 Å².